The van der Waals surface area contributed by atoms with E-state index in [0.717, 1.165) is 0 Å². The Labute approximate surface area is 124 Å². The van der Waals surface area contributed by atoms with Gasteiger partial charge in [0.25, 0.3) is 0 Å². The molecule has 0 heterocycles. The van der Waals surface area contributed by atoms with Crippen LogP contribution in [0.2, 0.25) is 0 Å². The maximum atomic E-state index is 2.24. The molecular formula is C21H16. The smallest absolute Gasteiger partial charge is 0.00990 e. The molecule has 0 bridgehead atoms. The minimum Gasteiger partial charge on any atom is -0.0616 e. The van der Waals surface area contributed by atoms with Crippen LogP contribution in [0.3, 0.4) is 0 Å². The van der Waals surface area contributed by atoms with Crippen LogP contribution in [0.25, 0.3) is 32.7 Å². The predicted molar refractivity (Wildman–Crippen MR) is 91.6 cm³/mol. The van der Waals surface area contributed by atoms with Crippen molar-refractivity contribution in [1.82, 2.24) is 0 Å². The highest BCUT2D eigenvalue weighted by Crippen LogP contribution is 2.33. The highest BCUT2D eigenvalue weighted by atomic mass is 14.1. The number of fused-ring (bicyclic) bond motifs is 3. The molecule has 0 atom stereocenters. The molecule has 0 radical (unpaired) electrons. The van der Waals surface area contributed by atoms with Gasteiger partial charge in [-0.15, -0.1) is 0 Å². The first kappa shape index (κ1) is 12.2. The topological polar surface area (TPSA) is 0 Å². The van der Waals surface area contributed by atoms with Gasteiger partial charge in [0.05, 0.1) is 0 Å². The van der Waals surface area contributed by atoms with Gasteiger partial charge in [0.1, 0.15) is 0 Å². The summed E-state index contributed by atoms with van der Waals surface area (Å²) in [6, 6.07) is 28.4. The Morgan fingerprint density at radius 3 is 2.14 bits per heavy atom. The molecule has 0 N–H and O–H groups in total. The maximum Gasteiger partial charge on any atom is -0.00990 e. The third-order valence-corrected chi connectivity index (χ3v) is 4.15. The second kappa shape index (κ2) is 4.75. The van der Waals surface area contributed by atoms with Gasteiger partial charge in [0.15, 0.2) is 0 Å². The summed E-state index contributed by atoms with van der Waals surface area (Å²) < 4.78 is 0. The van der Waals surface area contributed by atoms with Gasteiger partial charge in [0, 0.05) is 0 Å². The third kappa shape index (κ3) is 2.00. The van der Waals surface area contributed by atoms with Crippen molar-refractivity contribution in [3.63, 3.8) is 0 Å². The fourth-order valence-corrected chi connectivity index (χ4v) is 3.03. The third-order valence-electron chi connectivity index (χ3n) is 4.15. The van der Waals surface area contributed by atoms with Crippen molar-refractivity contribution in [2.75, 3.05) is 0 Å². The summed E-state index contributed by atoms with van der Waals surface area (Å²) in [4.78, 5) is 0. The lowest BCUT2D eigenvalue weighted by Crippen LogP contribution is -1.83. The predicted octanol–water partition coefficient (Wildman–Crippen LogP) is 5.97. The van der Waals surface area contributed by atoms with E-state index in [1.807, 2.05) is 0 Å². The molecule has 0 aliphatic rings. The number of benzene rings is 4. The molecule has 0 fully saturated rings. The van der Waals surface area contributed by atoms with E-state index in [1.165, 1.54) is 38.2 Å². The van der Waals surface area contributed by atoms with E-state index < -0.39 is 0 Å². The quantitative estimate of drug-likeness (QED) is 0.373. The second-order valence-electron chi connectivity index (χ2n) is 5.55. The standard InChI is InChI=1S/C21H16/c1-15-9-11-17(12-10-15)19-7-4-8-20-18-6-3-2-5-16(18)13-14-21(19)20/h2-14H,1H3. The van der Waals surface area contributed by atoms with Gasteiger partial charge in [-0.2, -0.15) is 0 Å². The fraction of sp³-hybridized carbons (Fsp3) is 0.0476. The SMILES string of the molecule is Cc1ccc(-c2cccc3c2ccc2ccccc23)cc1. The zero-order valence-electron chi connectivity index (χ0n) is 12.0. The van der Waals surface area contributed by atoms with Crippen LogP contribution in [-0.2, 0) is 0 Å². The van der Waals surface area contributed by atoms with Crippen molar-refractivity contribution in [2.45, 2.75) is 6.92 Å². The zero-order valence-corrected chi connectivity index (χ0v) is 12.0. The summed E-state index contributed by atoms with van der Waals surface area (Å²) in [5.41, 5.74) is 3.88. The van der Waals surface area contributed by atoms with Crippen molar-refractivity contribution in [2.24, 2.45) is 0 Å². The van der Waals surface area contributed by atoms with Crippen LogP contribution in [0.4, 0.5) is 0 Å². The Bertz CT molecular complexity index is 931. The Morgan fingerprint density at radius 1 is 0.524 bits per heavy atom. The average molecular weight is 268 g/mol. The summed E-state index contributed by atoms with van der Waals surface area (Å²) in [5.74, 6) is 0. The van der Waals surface area contributed by atoms with E-state index in [1.54, 1.807) is 0 Å². The summed E-state index contributed by atoms with van der Waals surface area (Å²) in [6.45, 7) is 2.13. The largest absolute Gasteiger partial charge is 0.0616 e. The molecule has 100 valence electrons. The molecule has 0 heteroatoms. The van der Waals surface area contributed by atoms with Gasteiger partial charge in [-0.05, 0) is 39.6 Å². The van der Waals surface area contributed by atoms with Crippen LogP contribution in [0.1, 0.15) is 5.56 Å². The maximum absolute atomic E-state index is 2.24. The van der Waals surface area contributed by atoms with E-state index in [-0.39, 0.29) is 0 Å². The van der Waals surface area contributed by atoms with Gasteiger partial charge >= 0.3 is 0 Å². The van der Waals surface area contributed by atoms with Crippen molar-refractivity contribution < 1.29 is 0 Å². The molecule has 0 spiro atoms. The summed E-state index contributed by atoms with van der Waals surface area (Å²) in [7, 11) is 0. The van der Waals surface area contributed by atoms with Gasteiger partial charge in [-0.1, -0.05) is 84.4 Å². The Kier molecular flexibility index (Phi) is 2.75. The molecule has 0 saturated carbocycles. The van der Waals surface area contributed by atoms with Gasteiger partial charge < -0.3 is 0 Å². The number of rotatable bonds is 1. The summed E-state index contributed by atoms with van der Waals surface area (Å²) >= 11 is 0. The first-order valence-electron chi connectivity index (χ1n) is 7.30. The second-order valence-corrected chi connectivity index (χ2v) is 5.55. The minimum atomic E-state index is 1.28. The Balaban J connectivity index is 2.06. The highest BCUT2D eigenvalue weighted by molar-refractivity contribution is 6.11. The number of hydrogen-bond acceptors (Lipinski definition) is 0. The molecular weight excluding hydrogens is 252 g/mol. The van der Waals surface area contributed by atoms with Crippen molar-refractivity contribution in [3.8, 4) is 11.1 Å². The lowest BCUT2D eigenvalue weighted by atomic mass is 9.94. The molecule has 0 unspecified atom stereocenters. The van der Waals surface area contributed by atoms with Crippen LogP contribution >= 0.6 is 0 Å². The molecule has 0 aliphatic heterocycles. The summed E-state index contributed by atoms with van der Waals surface area (Å²) in [5, 5.41) is 5.27. The average Bonchev–Trinajstić information content (AvgIpc) is 2.55. The molecule has 4 aromatic rings. The van der Waals surface area contributed by atoms with Gasteiger partial charge in [-0.25, -0.2) is 0 Å². The van der Waals surface area contributed by atoms with Gasteiger partial charge in [-0.3, -0.25) is 0 Å². The molecule has 21 heavy (non-hydrogen) atoms. The van der Waals surface area contributed by atoms with Crippen LogP contribution in [0, 0.1) is 6.92 Å². The zero-order chi connectivity index (χ0) is 14.2. The van der Waals surface area contributed by atoms with E-state index >= 15 is 0 Å². The Morgan fingerprint density at radius 2 is 1.29 bits per heavy atom. The van der Waals surface area contributed by atoms with E-state index in [0.29, 0.717) is 0 Å². The molecule has 0 aliphatic carbocycles. The summed E-state index contributed by atoms with van der Waals surface area (Å²) in [6.07, 6.45) is 0. The van der Waals surface area contributed by atoms with Crippen LogP contribution < -0.4 is 0 Å². The first-order chi connectivity index (χ1) is 10.3. The highest BCUT2D eigenvalue weighted by Gasteiger charge is 2.06. The van der Waals surface area contributed by atoms with Crippen molar-refractivity contribution >= 4 is 21.5 Å². The van der Waals surface area contributed by atoms with E-state index in [4.69, 9.17) is 0 Å². The van der Waals surface area contributed by atoms with E-state index in [9.17, 15) is 0 Å². The van der Waals surface area contributed by atoms with Crippen LogP contribution in [0.15, 0.2) is 78.9 Å². The minimum absolute atomic E-state index is 1.28. The lowest BCUT2D eigenvalue weighted by molar-refractivity contribution is 1.47. The van der Waals surface area contributed by atoms with Crippen molar-refractivity contribution in [1.29, 1.82) is 0 Å². The van der Waals surface area contributed by atoms with Gasteiger partial charge in [0.2, 0.25) is 0 Å². The van der Waals surface area contributed by atoms with E-state index in [2.05, 4.69) is 85.8 Å². The number of hydrogen-bond donors (Lipinski definition) is 0. The molecule has 0 amide bonds. The monoisotopic (exact) mass is 268 g/mol. The fourth-order valence-electron chi connectivity index (χ4n) is 3.03. The molecule has 4 aromatic carbocycles. The molecule has 4 rings (SSSR count). The number of aryl methyl sites for hydroxylation is 1. The van der Waals surface area contributed by atoms with Crippen molar-refractivity contribution in [3.05, 3.63) is 84.4 Å². The van der Waals surface area contributed by atoms with Crippen LogP contribution in [-0.4, -0.2) is 0 Å². The first-order valence-corrected chi connectivity index (χ1v) is 7.30. The molecule has 0 saturated heterocycles. The normalized spacial score (nSPS) is 11.1. The Hall–Kier alpha value is -2.60. The lowest BCUT2D eigenvalue weighted by Gasteiger charge is -2.10. The molecule has 0 aromatic heterocycles. The molecule has 0 nitrogen and oxygen atoms in total. The van der Waals surface area contributed by atoms with Crippen LogP contribution in [0.5, 0.6) is 0 Å².